The monoisotopic (exact) mass is 388 g/mol. The van der Waals surface area contributed by atoms with Crippen LogP contribution in [0.4, 0.5) is 10.5 Å². The number of benzene rings is 2. The van der Waals surface area contributed by atoms with Crippen molar-refractivity contribution in [1.29, 1.82) is 0 Å². The van der Waals surface area contributed by atoms with E-state index in [4.69, 9.17) is 4.74 Å². The van der Waals surface area contributed by atoms with Gasteiger partial charge in [0.25, 0.3) is 0 Å². The summed E-state index contributed by atoms with van der Waals surface area (Å²) in [6, 6.07) is 15.9. The van der Waals surface area contributed by atoms with Crippen LogP contribution in [0.1, 0.15) is 31.0 Å². The lowest BCUT2D eigenvalue weighted by Gasteiger charge is -2.37. The van der Waals surface area contributed by atoms with Crippen molar-refractivity contribution in [2.75, 3.05) is 5.32 Å². The number of fused-ring (bicyclic) bond motifs is 1. The second-order valence-corrected chi connectivity index (χ2v) is 7.12. The van der Waals surface area contributed by atoms with Gasteiger partial charge in [-0.1, -0.05) is 53.2 Å². The molecule has 1 aliphatic rings. The van der Waals surface area contributed by atoms with Crippen LogP contribution in [0, 0.1) is 5.92 Å². The Morgan fingerprint density at radius 3 is 2.71 bits per heavy atom. The van der Waals surface area contributed by atoms with Crippen molar-refractivity contribution in [3.05, 3.63) is 64.1 Å². The second kappa shape index (κ2) is 7.26. The maximum Gasteiger partial charge on any atom is 0.407 e. The summed E-state index contributed by atoms with van der Waals surface area (Å²) in [6.07, 6.45) is -0.393. The van der Waals surface area contributed by atoms with E-state index in [1.54, 1.807) is 0 Å². The van der Waals surface area contributed by atoms with Crippen LogP contribution in [0.15, 0.2) is 53.0 Å². The molecular weight excluding hydrogens is 368 g/mol. The molecule has 5 heteroatoms. The van der Waals surface area contributed by atoms with Gasteiger partial charge >= 0.3 is 6.09 Å². The molecule has 1 aliphatic heterocycles. The topological polar surface area (TPSA) is 50.4 Å². The predicted octanol–water partition coefficient (Wildman–Crippen LogP) is 4.87. The Morgan fingerprint density at radius 2 is 1.96 bits per heavy atom. The van der Waals surface area contributed by atoms with Crippen molar-refractivity contribution < 1.29 is 9.53 Å². The lowest BCUT2D eigenvalue weighted by Crippen LogP contribution is -2.42. The number of alkyl carbamates (subject to hydrolysis) is 1. The van der Waals surface area contributed by atoms with Gasteiger partial charge in [-0.25, -0.2) is 4.79 Å². The molecule has 2 aromatic carbocycles. The second-order valence-electron chi connectivity index (χ2n) is 6.21. The van der Waals surface area contributed by atoms with Crippen LogP contribution in [-0.2, 0) is 11.3 Å². The number of ether oxygens (including phenoxy) is 1. The molecule has 3 rings (SSSR count). The van der Waals surface area contributed by atoms with E-state index in [2.05, 4.69) is 40.4 Å². The van der Waals surface area contributed by atoms with Gasteiger partial charge in [-0.15, -0.1) is 0 Å². The van der Waals surface area contributed by atoms with E-state index in [1.165, 1.54) is 0 Å². The van der Waals surface area contributed by atoms with Crippen LogP contribution in [0.5, 0.6) is 0 Å². The summed E-state index contributed by atoms with van der Waals surface area (Å²) in [5, 5.41) is 6.52. The number of amides is 1. The first kappa shape index (κ1) is 16.8. The zero-order valence-electron chi connectivity index (χ0n) is 13.8. The summed E-state index contributed by atoms with van der Waals surface area (Å²) in [5.74, 6) is 0.246. The van der Waals surface area contributed by atoms with Gasteiger partial charge in [0.1, 0.15) is 6.61 Å². The number of carbonyl (C=O) groups excluding carboxylic acids is 1. The molecule has 0 radical (unpaired) electrons. The Kier molecular flexibility index (Phi) is 5.09. The minimum atomic E-state index is -0.393. The summed E-state index contributed by atoms with van der Waals surface area (Å²) in [4.78, 5) is 12.3. The van der Waals surface area contributed by atoms with Crippen molar-refractivity contribution in [3.63, 3.8) is 0 Å². The average Bonchev–Trinajstić information content (AvgIpc) is 2.59. The standard InChI is InChI=1S/C19H21BrN2O2/c1-12-13(2)21-17-9-8-15(20)10-16(17)18(12)22-19(23)24-11-14-6-4-3-5-7-14/h3-10,12-13,18,21H,11H2,1-2H3,(H,22,23)/t12?,13-,18+/m0/s1. The molecule has 0 saturated heterocycles. The SMILES string of the molecule is CC1[C@H](C)Nc2ccc(Br)cc2[C@@H]1NC(=O)OCc1ccccc1. The van der Waals surface area contributed by atoms with E-state index in [0.29, 0.717) is 0 Å². The highest BCUT2D eigenvalue weighted by Gasteiger charge is 2.32. The van der Waals surface area contributed by atoms with E-state index in [-0.39, 0.29) is 24.6 Å². The number of nitrogens with one attached hydrogen (secondary N) is 2. The van der Waals surface area contributed by atoms with Gasteiger partial charge in [-0.3, -0.25) is 0 Å². The highest BCUT2D eigenvalue weighted by Crippen LogP contribution is 2.38. The van der Waals surface area contributed by atoms with Crippen molar-refractivity contribution in [2.24, 2.45) is 5.92 Å². The van der Waals surface area contributed by atoms with Crippen molar-refractivity contribution in [2.45, 2.75) is 32.5 Å². The molecule has 4 nitrogen and oxygen atoms in total. The summed E-state index contributed by atoms with van der Waals surface area (Å²) >= 11 is 3.51. The minimum Gasteiger partial charge on any atom is -0.445 e. The van der Waals surface area contributed by atoms with Gasteiger partial charge in [0.2, 0.25) is 0 Å². The predicted molar refractivity (Wildman–Crippen MR) is 98.9 cm³/mol. The first-order valence-electron chi connectivity index (χ1n) is 8.08. The highest BCUT2D eigenvalue weighted by molar-refractivity contribution is 9.10. The number of carbonyl (C=O) groups is 1. The fraction of sp³-hybridized carbons (Fsp3) is 0.316. The van der Waals surface area contributed by atoms with Gasteiger partial charge < -0.3 is 15.4 Å². The van der Waals surface area contributed by atoms with E-state index in [1.807, 2.05) is 48.5 Å². The van der Waals surface area contributed by atoms with E-state index in [9.17, 15) is 4.79 Å². The van der Waals surface area contributed by atoms with Crippen LogP contribution in [0.3, 0.4) is 0 Å². The Morgan fingerprint density at radius 1 is 1.21 bits per heavy atom. The third kappa shape index (κ3) is 3.73. The van der Waals surface area contributed by atoms with Gasteiger partial charge in [0.05, 0.1) is 6.04 Å². The molecule has 1 amide bonds. The number of anilines is 1. The van der Waals surface area contributed by atoms with Crippen LogP contribution in [-0.4, -0.2) is 12.1 Å². The Balaban J connectivity index is 1.71. The molecule has 2 N–H and O–H groups in total. The van der Waals surface area contributed by atoms with Gasteiger partial charge in [0.15, 0.2) is 0 Å². The summed E-state index contributed by atoms with van der Waals surface area (Å²) < 4.78 is 6.37. The van der Waals surface area contributed by atoms with Crippen LogP contribution >= 0.6 is 15.9 Å². The first-order chi connectivity index (χ1) is 11.5. The molecule has 0 aliphatic carbocycles. The molecule has 126 valence electrons. The lowest BCUT2D eigenvalue weighted by molar-refractivity contribution is 0.131. The maximum absolute atomic E-state index is 12.3. The fourth-order valence-electron chi connectivity index (χ4n) is 2.97. The Hall–Kier alpha value is -2.01. The Bertz CT molecular complexity index is 721. The largest absolute Gasteiger partial charge is 0.445 e. The zero-order valence-corrected chi connectivity index (χ0v) is 15.3. The van der Waals surface area contributed by atoms with E-state index >= 15 is 0 Å². The van der Waals surface area contributed by atoms with Crippen LogP contribution in [0.25, 0.3) is 0 Å². The van der Waals surface area contributed by atoms with Crippen molar-refractivity contribution in [1.82, 2.24) is 5.32 Å². The maximum atomic E-state index is 12.3. The van der Waals surface area contributed by atoms with Crippen LogP contribution in [0.2, 0.25) is 0 Å². The molecule has 0 aromatic heterocycles. The molecule has 0 bridgehead atoms. The number of halogens is 1. The molecule has 0 saturated carbocycles. The molecule has 1 heterocycles. The summed E-state index contributed by atoms with van der Waals surface area (Å²) in [5.41, 5.74) is 3.10. The molecule has 0 spiro atoms. The van der Waals surface area contributed by atoms with E-state index in [0.717, 1.165) is 21.3 Å². The van der Waals surface area contributed by atoms with Gasteiger partial charge in [-0.05, 0) is 36.2 Å². The number of hydrogen-bond donors (Lipinski definition) is 2. The number of rotatable bonds is 3. The molecule has 1 unspecified atom stereocenters. The number of hydrogen-bond acceptors (Lipinski definition) is 3. The quantitative estimate of drug-likeness (QED) is 0.788. The average molecular weight is 389 g/mol. The smallest absolute Gasteiger partial charge is 0.407 e. The third-order valence-electron chi connectivity index (χ3n) is 4.53. The van der Waals surface area contributed by atoms with Gasteiger partial charge in [0, 0.05) is 22.1 Å². The zero-order chi connectivity index (χ0) is 17.1. The normalized spacial score (nSPS) is 22.2. The molecule has 3 atom stereocenters. The molecule has 2 aromatic rings. The van der Waals surface area contributed by atoms with E-state index < -0.39 is 6.09 Å². The Labute approximate surface area is 150 Å². The third-order valence-corrected chi connectivity index (χ3v) is 5.03. The van der Waals surface area contributed by atoms with Crippen molar-refractivity contribution in [3.8, 4) is 0 Å². The molecule has 0 fully saturated rings. The lowest BCUT2D eigenvalue weighted by atomic mass is 9.84. The summed E-state index contributed by atoms with van der Waals surface area (Å²) in [6.45, 7) is 4.52. The highest BCUT2D eigenvalue weighted by atomic mass is 79.9. The molecule has 24 heavy (non-hydrogen) atoms. The first-order valence-corrected chi connectivity index (χ1v) is 8.87. The summed E-state index contributed by atoms with van der Waals surface area (Å²) in [7, 11) is 0. The van der Waals surface area contributed by atoms with Crippen LogP contribution < -0.4 is 10.6 Å². The van der Waals surface area contributed by atoms with Crippen molar-refractivity contribution >= 4 is 27.7 Å². The molecular formula is C19H21BrN2O2. The minimum absolute atomic E-state index is 0.0861. The fourth-order valence-corrected chi connectivity index (χ4v) is 3.35. The van der Waals surface area contributed by atoms with Gasteiger partial charge in [-0.2, -0.15) is 0 Å².